The monoisotopic (exact) mass is 243 g/mol. The molecular weight excluding hydrogens is 230 g/mol. The summed E-state index contributed by atoms with van der Waals surface area (Å²) in [6.45, 7) is 3.93. The Balaban J connectivity index is 3.16. The number of rotatable bonds is 2. The van der Waals surface area contributed by atoms with Crippen LogP contribution in [0, 0.1) is 6.92 Å². The molecule has 0 amide bonds. The largest absolute Gasteiger partial charge is 0.384 e. The van der Waals surface area contributed by atoms with Gasteiger partial charge in [-0.25, -0.2) is 0 Å². The van der Waals surface area contributed by atoms with Gasteiger partial charge in [0.2, 0.25) is 0 Å². The molecule has 0 bridgehead atoms. The van der Waals surface area contributed by atoms with E-state index in [9.17, 15) is 5.11 Å². The molecule has 1 unspecified atom stereocenters. The van der Waals surface area contributed by atoms with Gasteiger partial charge in [0, 0.05) is 11.0 Å². The van der Waals surface area contributed by atoms with E-state index >= 15 is 0 Å². The molecule has 0 saturated heterocycles. The molecule has 72 valence electrons. The topological polar surface area (TPSA) is 46.2 Å². The van der Waals surface area contributed by atoms with E-state index in [1.54, 1.807) is 6.92 Å². The first-order chi connectivity index (χ1) is 5.97. The van der Waals surface area contributed by atoms with E-state index in [0.717, 1.165) is 15.6 Å². The first kappa shape index (κ1) is 10.7. The van der Waals surface area contributed by atoms with Crippen LogP contribution in [-0.2, 0) is 5.60 Å². The van der Waals surface area contributed by atoms with Crippen LogP contribution in [0.25, 0.3) is 0 Å². The third kappa shape index (κ3) is 2.30. The molecule has 1 aromatic carbocycles. The minimum atomic E-state index is -0.952. The van der Waals surface area contributed by atoms with E-state index < -0.39 is 5.60 Å². The number of aliphatic hydroxyl groups is 1. The molecule has 13 heavy (non-hydrogen) atoms. The average molecular weight is 244 g/mol. The van der Waals surface area contributed by atoms with Gasteiger partial charge < -0.3 is 10.8 Å². The van der Waals surface area contributed by atoms with Crippen LogP contribution in [0.1, 0.15) is 18.1 Å². The van der Waals surface area contributed by atoms with Crippen molar-refractivity contribution >= 4 is 15.9 Å². The van der Waals surface area contributed by atoms with Crippen LogP contribution in [0.15, 0.2) is 22.7 Å². The summed E-state index contributed by atoms with van der Waals surface area (Å²) in [5.41, 5.74) is 6.51. The molecule has 1 rings (SSSR count). The molecule has 0 fully saturated rings. The number of hydrogen-bond acceptors (Lipinski definition) is 2. The second kappa shape index (κ2) is 3.78. The number of benzene rings is 1. The van der Waals surface area contributed by atoms with E-state index in [4.69, 9.17) is 5.73 Å². The van der Waals surface area contributed by atoms with E-state index in [-0.39, 0.29) is 6.54 Å². The van der Waals surface area contributed by atoms with E-state index in [1.165, 1.54) is 0 Å². The van der Waals surface area contributed by atoms with Crippen LogP contribution >= 0.6 is 15.9 Å². The van der Waals surface area contributed by atoms with Crippen molar-refractivity contribution < 1.29 is 5.11 Å². The van der Waals surface area contributed by atoms with Crippen LogP contribution in [0.4, 0.5) is 0 Å². The number of hydrogen-bond donors (Lipinski definition) is 2. The highest BCUT2D eigenvalue weighted by Gasteiger charge is 2.23. The minimum Gasteiger partial charge on any atom is -0.384 e. The van der Waals surface area contributed by atoms with Crippen molar-refractivity contribution in [3.05, 3.63) is 33.8 Å². The maximum absolute atomic E-state index is 9.91. The summed E-state index contributed by atoms with van der Waals surface area (Å²) >= 11 is 3.41. The molecule has 0 aliphatic carbocycles. The fraction of sp³-hybridized carbons (Fsp3) is 0.400. The minimum absolute atomic E-state index is 0.217. The van der Waals surface area contributed by atoms with Crippen molar-refractivity contribution in [1.82, 2.24) is 0 Å². The van der Waals surface area contributed by atoms with E-state index in [2.05, 4.69) is 15.9 Å². The summed E-state index contributed by atoms with van der Waals surface area (Å²) in [5.74, 6) is 0. The Morgan fingerprint density at radius 3 is 2.62 bits per heavy atom. The maximum Gasteiger partial charge on any atom is 0.100 e. The smallest absolute Gasteiger partial charge is 0.100 e. The molecule has 3 N–H and O–H groups in total. The number of halogens is 1. The van der Waals surface area contributed by atoms with Gasteiger partial charge in [0.25, 0.3) is 0 Å². The molecule has 0 saturated carbocycles. The van der Waals surface area contributed by atoms with E-state index in [1.807, 2.05) is 25.1 Å². The SMILES string of the molecule is Cc1ccc(C(C)(O)CN)c(Br)c1. The zero-order chi connectivity index (χ0) is 10.1. The molecule has 0 heterocycles. The summed E-state index contributed by atoms with van der Waals surface area (Å²) in [6, 6.07) is 5.83. The Kier molecular flexibility index (Phi) is 3.11. The molecule has 0 radical (unpaired) electrons. The summed E-state index contributed by atoms with van der Waals surface area (Å²) < 4.78 is 0.906. The van der Waals surface area contributed by atoms with Crippen molar-refractivity contribution in [3.8, 4) is 0 Å². The van der Waals surface area contributed by atoms with Gasteiger partial charge in [-0.1, -0.05) is 28.1 Å². The molecule has 0 aliphatic rings. The second-order valence-electron chi connectivity index (χ2n) is 3.46. The fourth-order valence-corrected chi connectivity index (χ4v) is 2.09. The lowest BCUT2D eigenvalue weighted by atomic mass is 9.95. The predicted molar refractivity (Wildman–Crippen MR) is 57.5 cm³/mol. The summed E-state index contributed by atoms with van der Waals surface area (Å²) in [7, 11) is 0. The predicted octanol–water partition coefficient (Wildman–Crippen LogP) is 1.92. The van der Waals surface area contributed by atoms with Crippen molar-refractivity contribution in [2.75, 3.05) is 6.54 Å². The van der Waals surface area contributed by atoms with Crippen LogP contribution < -0.4 is 5.73 Å². The van der Waals surface area contributed by atoms with Crippen molar-refractivity contribution in [2.24, 2.45) is 5.73 Å². The molecule has 0 aliphatic heterocycles. The summed E-state index contributed by atoms with van der Waals surface area (Å²) in [5, 5.41) is 9.91. The maximum atomic E-state index is 9.91. The van der Waals surface area contributed by atoms with Crippen LogP contribution in [0.5, 0.6) is 0 Å². The van der Waals surface area contributed by atoms with Gasteiger partial charge in [0.1, 0.15) is 5.60 Å². The second-order valence-corrected chi connectivity index (χ2v) is 4.32. The molecular formula is C10H14BrNO. The zero-order valence-electron chi connectivity index (χ0n) is 7.84. The highest BCUT2D eigenvalue weighted by atomic mass is 79.9. The summed E-state index contributed by atoms with van der Waals surface area (Å²) in [4.78, 5) is 0. The lowest BCUT2D eigenvalue weighted by Gasteiger charge is -2.23. The van der Waals surface area contributed by atoms with Gasteiger partial charge >= 0.3 is 0 Å². The zero-order valence-corrected chi connectivity index (χ0v) is 9.43. The van der Waals surface area contributed by atoms with Gasteiger partial charge in [0.05, 0.1) is 0 Å². The van der Waals surface area contributed by atoms with E-state index in [0.29, 0.717) is 0 Å². The van der Waals surface area contributed by atoms with Crippen molar-refractivity contribution in [1.29, 1.82) is 0 Å². The van der Waals surface area contributed by atoms with Crippen molar-refractivity contribution in [2.45, 2.75) is 19.4 Å². The fourth-order valence-electron chi connectivity index (χ4n) is 1.17. The van der Waals surface area contributed by atoms with Gasteiger partial charge in [0.15, 0.2) is 0 Å². The third-order valence-electron chi connectivity index (χ3n) is 2.10. The van der Waals surface area contributed by atoms with Crippen LogP contribution in [0.3, 0.4) is 0 Å². The Labute approximate surface area is 86.9 Å². The molecule has 1 aromatic rings. The standard InChI is InChI=1S/C10H14BrNO/c1-7-3-4-8(9(11)5-7)10(2,13)6-12/h3-5,13H,6,12H2,1-2H3. The molecule has 2 nitrogen and oxygen atoms in total. The average Bonchev–Trinajstić information content (AvgIpc) is 2.03. The van der Waals surface area contributed by atoms with Gasteiger partial charge in [-0.2, -0.15) is 0 Å². The molecule has 0 aromatic heterocycles. The lowest BCUT2D eigenvalue weighted by molar-refractivity contribution is 0.0661. The van der Waals surface area contributed by atoms with Crippen molar-refractivity contribution in [3.63, 3.8) is 0 Å². The van der Waals surface area contributed by atoms with Gasteiger partial charge in [-0.05, 0) is 31.0 Å². The van der Waals surface area contributed by atoms with Crippen LogP contribution in [0.2, 0.25) is 0 Å². The van der Waals surface area contributed by atoms with Gasteiger partial charge in [-0.15, -0.1) is 0 Å². The number of aryl methyl sites for hydroxylation is 1. The number of nitrogens with two attached hydrogens (primary N) is 1. The Hall–Kier alpha value is -0.380. The Morgan fingerprint density at radius 2 is 2.15 bits per heavy atom. The Morgan fingerprint density at radius 1 is 1.54 bits per heavy atom. The highest BCUT2D eigenvalue weighted by molar-refractivity contribution is 9.10. The quantitative estimate of drug-likeness (QED) is 0.834. The first-order valence-electron chi connectivity index (χ1n) is 4.16. The molecule has 0 spiro atoms. The van der Waals surface area contributed by atoms with Gasteiger partial charge in [-0.3, -0.25) is 0 Å². The lowest BCUT2D eigenvalue weighted by Crippen LogP contribution is -2.31. The molecule has 1 atom stereocenters. The summed E-state index contributed by atoms with van der Waals surface area (Å²) in [6.07, 6.45) is 0. The third-order valence-corrected chi connectivity index (χ3v) is 2.76. The van der Waals surface area contributed by atoms with Crippen LogP contribution in [-0.4, -0.2) is 11.7 Å². The normalized spacial score (nSPS) is 15.5. The first-order valence-corrected chi connectivity index (χ1v) is 4.96. The highest BCUT2D eigenvalue weighted by Crippen LogP contribution is 2.28. The Bertz CT molecular complexity index is 310. The molecule has 3 heteroatoms.